The highest BCUT2D eigenvalue weighted by Crippen LogP contribution is 2.21. The first-order valence-corrected chi connectivity index (χ1v) is 7.58. The number of halogens is 1. The molecule has 0 spiro atoms. The minimum absolute atomic E-state index is 0.179. The first-order chi connectivity index (χ1) is 9.16. The van der Waals surface area contributed by atoms with Crippen LogP contribution < -0.4 is 4.80 Å². The molecule has 0 unspecified atom stereocenters. The third-order valence-corrected chi connectivity index (χ3v) is 4.29. The van der Waals surface area contributed by atoms with Gasteiger partial charge >= 0.3 is 0 Å². The van der Waals surface area contributed by atoms with Crippen LogP contribution in [0.4, 0.5) is 4.39 Å². The van der Waals surface area contributed by atoms with Crippen molar-refractivity contribution in [3.8, 4) is 0 Å². The molecule has 6 heteroatoms. The summed E-state index contributed by atoms with van der Waals surface area (Å²) >= 11 is 2.75. The average Bonchev–Trinajstić information content (AvgIpc) is 2.77. The lowest BCUT2D eigenvalue weighted by atomic mass is 10.3. The molecule has 1 aromatic carbocycles. The maximum absolute atomic E-state index is 13.3. The van der Waals surface area contributed by atoms with Crippen molar-refractivity contribution in [2.75, 3.05) is 5.75 Å². The molecule has 0 radical (unpaired) electrons. The highest BCUT2D eigenvalue weighted by atomic mass is 32.2. The molecule has 19 heavy (non-hydrogen) atoms. The lowest BCUT2D eigenvalue weighted by Crippen LogP contribution is -2.12. The van der Waals surface area contributed by atoms with Crippen LogP contribution in [-0.2, 0) is 11.8 Å². The van der Waals surface area contributed by atoms with Crippen LogP contribution >= 0.6 is 23.1 Å². The Kier molecular flexibility index (Phi) is 4.93. The standard InChI is InChI=1S/C13H13FN2OS2/c1-16-7-9-19-13(16)15-12(17)6-8-18-11-5-3-2-4-10(11)14/h2-5,7,9H,6,8H2,1H3. The van der Waals surface area contributed by atoms with E-state index in [-0.39, 0.29) is 11.7 Å². The molecule has 0 aliphatic carbocycles. The van der Waals surface area contributed by atoms with Crippen LogP contribution in [0.2, 0.25) is 0 Å². The van der Waals surface area contributed by atoms with E-state index >= 15 is 0 Å². The Balaban J connectivity index is 1.89. The van der Waals surface area contributed by atoms with Crippen molar-refractivity contribution in [2.45, 2.75) is 11.3 Å². The van der Waals surface area contributed by atoms with Gasteiger partial charge in [-0.25, -0.2) is 4.39 Å². The van der Waals surface area contributed by atoms with E-state index in [4.69, 9.17) is 0 Å². The van der Waals surface area contributed by atoms with E-state index in [9.17, 15) is 9.18 Å². The number of nitrogens with zero attached hydrogens (tertiary/aromatic N) is 2. The predicted molar refractivity (Wildman–Crippen MR) is 75.6 cm³/mol. The van der Waals surface area contributed by atoms with Crippen molar-refractivity contribution < 1.29 is 9.18 Å². The van der Waals surface area contributed by atoms with Gasteiger partial charge in [-0.3, -0.25) is 4.79 Å². The average molecular weight is 296 g/mol. The number of rotatable bonds is 4. The normalized spacial score (nSPS) is 11.8. The van der Waals surface area contributed by atoms with Crippen LogP contribution in [0.1, 0.15) is 6.42 Å². The third-order valence-electron chi connectivity index (χ3n) is 2.39. The summed E-state index contributed by atoms with van der Waals surface area (Å²) in [7, 11) is 1.84. The van der Waals surface area contributed by atoms with Crippen molar-refractivity contribution in [1.29, 1.82) is 0 Å². The van der Waals surface area contributed by atoms with Gasteiger partial charge in [-0.15, -0.1) is 23.1 Å². The fraction of sp³-hybridized carbons (Fsp3) is 0.231. The van der Waals surface area contributed by atoms with Gasteiger partial charge in [0.1, 0.15) is 5.82 Å². The summed E-state index contributed by atoms with van der Waals surface area (Å²) < 4.78 is 15.1. The number of hydrogen-bond acceptors (Lipinski definition) is 3. The fourth-order valence-electron chi connectivity index (χ4n) is 1.41. The van der Waals surface area contributed by atoms with Crippen molar-refractivity contribution in [3.63, 3.8) is 0 Å². The van der Waals surface area contributed by atoms with Gasteiger partial charge in [-0.1, -0.05) is 12.1 Å². The van der Waals surface area contributed by atoms with Crippen molar-refractivity contribution in [3.05, 3.63) is 46.5 Å². The second-order valence-electron chi connectivity index (χ2n) is 3.83. The zero-order valence-corrected chi connectivity index (χ0v) is 12.0. The lowest BCUT2D eigenvalue weighted by molar-refractivity contribution is -0.117. The quantitative estimate of drug-likeness (QED) is 0.813. The Labute approximate surface area is 118 Å². The molecule has 0 bridgehead atoms. The largest absolute Gasteiger partial charge is 0.327 e. The number of carbonyl (C=O) groups is 1. The maximum atomic E-state index is 13.3. The number of aryl methyl sites for hydroxylation is 1. The Morgan fingerprint density at radius 2 is 2.26 bits per heavy atom. The van der Waals surface area contributed by atoms with Gasteiger partial charge in [0.05, 0.1) is 0 Å². The summed E-state index contributed by atoms with van der Waals surface area (Å²) in [6.07, 6.45) is 2.15. The van der Waals surface area contributed by atoms with Gasteiger partial charge in [-0.2, -0.15) is 4.99 Å². The topological polar surface area (TPSA) is 34.4 Å². The molecule has 2 rings (SSSR count). The lowest BCUT2D eigenvalue weighted by Gasteiger charge is -2.00. The van der Waals surface area contributed by atoms with Crippen LogP contribution in [-0.4, -0.2) is 16.2 Å². The van der Waals surface area contributed by atoms with Gasteiger partial charge in [0.15, 0.2) is 4.80 Å². The Morgan fingerprint density at radius 3 is 2.95 bits per heavy atom. The molecule has 0 aliphatic heterocycles. The summed E-state index contributed by atoms with van der Waals surface area (Å²) in [6.45, 7) is 0. The van der Waals surface area contributed by atoms with Crippen molar-refractivity contribution >= 4 is 29.0 Å². The number of hydrogen-bond donors (Lipinski definition) is 0. The van der Waals surface area contributed by atoms with Gasteiger partial charge in [-0.05, 0) is 12.1 Å². The minimum Gasteiger partial charge on any atom is -0.327 e. The number of benzene rings is 1. The SMILES string of the molecule is Cn1ccsc1=NC(=O)CCSc1ccccc1F. The van der Waals surface area contributed by atoms with E-state index in [1.807, 2.05) is 18.6 Å². The van der Waals surface area contributed by atoms with E-state index in [1.165, 1.54) is 29.2 Å². The van der Waals surface area contributed by atoms with Gasteiger partial charge in [0.25, 0.3) is 0 Å². The van der Waals surface area contributed by atoms with E-state index in [2.05, 4.69) is 4.99 Å². The molecular formula is C13H13FN2OS2. The molecule has 0 fully saturated rings. The van der Waals surface area contributed by atoms with Crippen molar-refractivity contribution in [1.82, 2.24) is 4.57 Å². The number of thiazole rings is 1. The van der Waals surface area contributed by atoms with E-state index in [0.717, 1.165) is 0 Å². The van der Waals surface area contributed by atoms with Gasteiger partial charge < -0.3 is 4.57 Å². The molecule has 1 aromatic heterocycles. The number of thioether (sulfide) groups is 1. The van der Waals surface area contributed by atoms with Crippen LogP contribution in [0.25, 0.3) is 0 Å². The Hall–Kier alpha value is -1.40. The van der Waals surface area contributed by atoms with Crippen LogP contribution in [0.15, 0.2) is 45.7 Å². The summed E-state index contributed by atoms with van der Waals surface area (Å²) in [5.41, 5.74) is 0. The molecule has 0 saturated heterocycles. The molecule has 100 valence electrons. The van der Waals surface area contributed by atoms with E-state index in [1.54, 1.807) is 22.8 Å². The van der Waals surface area contributed by atoms with E-state index < -0.39 is 0 Å². The van der Waals surface area contributed by atoms with Crippen LogP contribution in [0.5, 0.6) is 0 Å². The minimum atomic E-state index is -0.249. The number of aromatic nitrogens is 1. The number of carbonyl (C=O) groups excluding carboxylic acids is 1. The zero-order chi connectivity index (χ0) is 13.7. The summed E-state index contributed by atoms with van der Waals surface area (Å²) in [5, 5.41) is 1.88. The van der Waals surface area contributed by atoms with Crippen LogP contribution in [0.3, 0.4) is 0 Å². The Morgan fingerprint density at radius 1 is 1.47 bits per heavy atom. The molecule has 2 aromatic rings. The highest BCUT2D eigenvalue weighted by molar-refractivity contribution is 7.99. The highest BCUT2D eigenvalue weighted by Gasteiger charge is 2.04. The maximum Gasteiger partial charge on any atom is 0.249 e. The number of amides is 1. The second-order valence-corrected chi connectivity index (χ2v) is 5.84. The van der Waals surface area contributed by atoms with Crippen molar-refractivity contribution in [2.24, 2.45) is 12.0 Å². The Bertz CT molecular complexity index is 633. The predicted octanol–water partition coefficient (Wildman–Crippen LogP) is 2.84. The molecule has 1 heterocycles. The fourth-order valence-corrected chi connectivity index (χ4v) is 3.03. The molecule has 0 atom stereocenters. The monoisotopic (exact) mass is 296 g/mol. The summed E-state index contributed by atoms with van der Waals surface area (Å²) in [5.74, 6) is 0.0988. The smallest absolute Gasteiger partial charge is 0.249 e. The van der Waals surface area contributed by atoms with Gasteiger partial charge in [0, 0.05) is 35.7 Å². The second kappa shape index (κ2) is 6.68. The zero-order valence-electron chi connectivity index (χ0n) is 10.4. The first kappa shape index (κ1) is 14.0. The van der Waals surface area contributed by atoms with Gasteiger partial charge in [0.2, 0.25) is 5.91 Å². The van der Waals surface area contributed by atoms with E-state index in [0.29, 0.717) is 21.9 Å². The molecule has 3 nitrogen and oxygen atoms in total. The third kappa shape index (κ3) is 4.04. The summed E-state index contributed by atoms with van der Waals surface area (Å²) in [4.78, 5) is 16.9. The molecular weight excluding hydrogens is 283 g/mol. The molecule has 1 amide bonds. The molecule has 0 saturated carbocycles. The molecule has 0 aliphatic rings. The summed E-state index contributed by atoms with van der Waals surface area (Å²) in [6, 6.07) is 6.56. The first-order valence-electron chi connectivity index (χ1n) is 5.72. The van der Waals surface area contributed by atoms with Crippen LogP contribution in [0, 0.1) is 5.82 Å². The molecule has 0 N–H and O–H groups in total.